The fourth-order valence-corrected chi connectivity index (χ4v) is 1.57. The maximum absolute atomic E-state index is 11.3. The molecule has 3 N–H and O–H groups in total. The summed E-state index contributed by atoms with van der Waals surface area (Å²) >= 11 is 0. The Morgan fingerprint density at radius 3 is 2.78 bits per heavy atom. The molecule has 0 aromatic heterocycles. The van der Waals surface area contributed by atoms with Gasteiger partial charge in [-0.25, -0.2) is 0 Å². The number of hydrogen-bond donors (Lipinski definition) is 2. The van der Waals surface area contributed by atoms with E-state index in [1.807, 2.05) is 6.07 Å². The summed E-state index contributed by atoms with van der Waals surface area (Å²) in [7, 11) is 0. The van der Waals surface area contributed by atoms with Crippen molar-refractivity contribution < 1.29 is 14.3 Å². The summed E-state index contributed by atoms with van der Waals surface area (Å²) in [6, 6.07) is 6.69. The van der Waals surface area contributed by atoms with Gasteiger partial charge in [-0.1, -0.05) is 12.1 Å². The normalized spacial score (nSPS) is 11.7. The molecule has 0 aliphatic rings. The standard InChI is InChI=1S/C13H18N2O3/c1-3-18-13(17)8-12(14)10-5-4-6-11(7-10)15-9(2)16/h4-7,12H,3,8,14H2,1-2H3,(H,15,16)/t12-/m1/s1. The van der Waals surface area contributed by atoms with Crippen LogP contribution >= 0.6 is 0 Å². The molecule has 0 heterocycles. The molecule has 0 radical (unpaired) electrons. The Morgan fingerprint density at radius 2 is 2.17 bits per heavy atom. The molecule has 0 aliphatic carbocycles. The lowest BCUT2D eigenvalue weighted by molar-refractivity contribution is -0.143. The topological polar surface area (TPSA) is 81.4 Å². The van der Waals surface area contributed by atoms with E-state index in [9.17, 15) is 9.59 Å². The summed E-state index contributed by atoms with van der Waals surface area (Å²) in [6.07, 6.45) is 0.122. The Kier molecular flexibility index (Phi) is 5.32. The van der Waals surface area contributed by atoms with Crippen molar-refractivity contribution in [2.75, 3.05) is 11.9 Å². The van der Waals surface area contributed by atoms with Crippen molar-refractivity contribution in [3.8, 4) is 0 Å². The molecule has 0 saturated heterocycles. The van der Waals surface area contributed by atoms with Crippen LogP contribution in [0, 0.1) is 0 Å². The second kappa shape index (κ2) is 6.76. The van der Waals surface area contributed by atoms with Crippen molar-refractivity contribution in [3.05, 3.63) is 29.8 Å². The van der Waals surface area contributed by atoms with Crippen LogP contribution in [0.5, 0.6) is 0 Å². The van der Waals surface area contributed by atoms with Gasteiger partial charge in [0.2, 0.25) is 5.91 Å². The first-order valence-corrected chi connectivity index (χ1v) is 5.81. The number of nitrogens with two attached hydrogens (primary N) is 1. The third-order valence-electron chi connectivity index (χ3n) is 2.33. The van der Waals surface area contributed by atoms with Crippen LogP contribution in [0.3, 0.4) is 0 Å². The molecule has 1 aromatic rings. The van der Waals surface area contributed by atoms with Crippen molar-refractivity contribution >= 4 is 17.6 Å². The number of hydrogen-bond acceptors (Lipinski definition) is 4. The first-order valence-electron chi connectivity index (χ1n) is 5.81. The first kappa shape index (κ1) is 14.2. The van der Waals surface area contributed by atoms with Gasteiger partial charge in [0, 0.05) is 18.7 Å². The number of rotatable bonds is 5. The predicted molar refractivity (Wildman–Crippen MR) is 68.9 cm³/mol. The van der Waals surface area contributed by atoms with E-state index in [0.717, 1.165) is 5.56 Å². The van der Waals surface area contributed by atoms with E-state index in [-0.39, 0.29) is 18.3 Å². The van der Waals surface area contributed by atoms with Crippen LogP contribution in [0.25, 0.3) is 0 Å². The van der Waals surface area contributed by atoms with E-state index in [1.54, 1.807) is 25.1 Å². The van der Waals surface area contributed by atoms with Crippen molar-refractivity contribution in [3.63, 3.8) is 0 Å². The zero-order chi connectivity index (χ0) is 13.5. The fraction of sp³-hybridized carbons (Fsp3) is 0.385. The Labute approximate surface area is 106 Å². The van der Waals surface area contributed by atoms with Gasteiger partial charge in [-0.15, -0.1) is 0 Å². The molecule has 0 bridgehead atoms. The number of carbonyl (C=O) groups is 2. The highest BCUT2D eigenvalue weighted by Crippen LogP contribution is 2.18. The van der Waals surface area contributed by atoms with E-state index in [4.69, 9.17) is 10.5 Å². The minimum Gasteiger partial charge on any atom is -0.466 e. The quantitative estimate of drug-likeness (QED) is 0.778. The maximum Gasteiger partial charge on any atom is 0.307 e. The van der Waals surface area contributed by atoms with Crippen molar-refractivity contribution in [2.24, 2.45) is 5.73 Å². The molecule has 0 aliphatic heterocycles. The third-order valence-corrected chi connectivity index (χ3v) is 2.33. The summed E-state index contributed by atoms with van der Waals surface area (Å²) in [5.41, 5.74) is 7.36. The highest BCUT2D eigenvalue weighted by molar-refractivity contribution is 5.88. The molecule has 0 saturated carbocycles. The number of carbonyl (C=O) groups excluding carboxylic acids is 2. The summed E-state index contributed by atoms with van der Waals surface area (Å²) < 4.78 is 4.84. The number of nitrogens with one attached hydrogen (secondary N) is 1. The fourth-order valence-electron chi connectivity index (χ4n) is 1.57. The average Bonchev–Trinajstić information content (AvgIpc) is 2.28. The van der Waals surface area contributed by atoms with Crippen LogP contribution < -0.4 is 11.1 Å². The second-order valence-electron chi connectivity index (χ2n) is 3.92. The molecule has 5 nitrogen and oxygen atoms in total. The number of amides is 1. The molecule has 0 fully saturated rings. The Bertz CT molecular complexity index is 432. The third kappa shape index (κ3) is 4.55. The van der Waals surface area contributed by atoms with Crippen LogP contribution in [0.4, 0.5) is 5.69 Å². The minimum absolute atomic E-state index is 0.122. The monoisotopic (exact) mass is 250 g/mol. The molecule has 0 unspecified atom stereocenters. The Balaban J connectivity index is 2.70. The van der Waals surface area contributed by atoms with Crippen LogP contribution in [0.1, 0.15) is 31.9 Å². The lowest BCUT2D eigenvalue weighted by atomic mass is 10.0. The SMILES string of the molecule is CCOC(=O)C[C@@H](N)c1cccc(NC(C)=O)c1. The van der Waals surface area contributed by atoms with E-state index in [0.29, 0.717) is 12.3 Å². The zero-order valence-corrected chi connectivity index (χ0v) is 10.6. The van der Waals surface area contributed by atoms with Crippen LogP contribution in [-0.4, -0.2) is 18.5 Å². The van der Waals surface area contributed by atoms with Gasteiger partial charge in [0.05, 0.1) is 13.0 Å². The van der Waals surface area contributed by atoms with Crippen LogP contribution in [0.15, 0.2) is 24.3 Å². The van der Waals surface area contributed by atoms with Gasteiger partial charge in [0.15, 0.2) is 0 Å². The summed E-state index contributed by atoms with van der Waals surface area (Å²) in [4.78, 5) is 22.3. The largest absolute Gasteiger partial charge is 0.466 e. The molecule has 18 heavy (non-hydrogen) atoms. The summed E-state index contributed by atoms with van der Waals surface area (Å²) in [5, 5.41) is 2.67. The van der Waals surface area contributed by atoms with Crippen molar-refractivity contribution in [1.82, 2.24) is 0 Å². The maximum atomic E-state index is 11.3. The van der Waals surface area contributed by atoms with Gasteiger partial charge < -0.3 is 15.8 Å². The highest BCUT2D eigenvalue weighted by Gasteiger charge is 2.12. The lowest BCUT2D eigenvalue weighted by Gasteiger charge is -2.12. The zero-order valence-electron chi connectivity index (χ0n) is 10.6. The molecule has 98 valence electrons. The summed E-state index contributed by atoms with van der Waals surface area (Å²) in [6.45, 7) is 3.53. The van der Waals surface area contributed by atoms with Gasteiger partial charge in [0.25, 0.3) is 0 Å². The molecule has 5 heteroatoms. The van der Waals surface area contributed by atoms with Crippen molar-refractivity contribution in [2.45, 2.75) is 26.3 Å². The minimum atomic E-state index is -0.433. The number of anilines is 1. The van der Waals surface area contributed by atoms with Crippen LogP contribution in [0.2, 0.25) is 0 Å². The molecule has 0 spiro atoms. The lowest BCUT2D eigenvalue weighted by Crippen LogP contribution is -2.17. The van der Waals surface area contributed by atoms with Gasteiger partial charge in [0.1, 0.15) is 0 Å². The summed E-state index contributed by atoms with van der Waals surface area (Å²) in [5.74, 6) is -0.471. The Hall–Kier alpha value is -1.88. The molecule has 1 rings (SSSR count). The van der Waals surface area contributed by atoms with E-state index in [2.05, 4.69) is 5.32 Å². The average molecular weight is 250 g/mol. The van der Waals surface area contributed by atoms with Crippen LogP contribution in [-0.2, 0) is 14.3 Å². The molecule has 1 aromatic carbocycles. The van der Waals surface area contributed by atoms with E-state index >= 15 is 0 Å². The molecule has 1 atom stereocenters. The van der Waals surface area contributed by atoms with Gasteiger partial charge in [-0.2, -0.15) is 0 Å². The predicted octanol–water partition coefficient (Wildman–Crippen LogP) is 1.60. The molecule has 1 amide bonds. The number of esters is 1. The molecular weight excluding hydrogens is 232 g/mol. The molecular formula is C13H18N2O3. The Morgan fingerprint density at radius 1 is 1.44 bits per heavy atom. The van der Waals surface area contributed by atoms with Gasteiger partial charge >= 0.3 is 5.97 Å². The smallest absolute Gasteiger partial charge is 0.307 e. The number of ether oxygens (including phenoxy) is 1. The van der Waals surface area contributed by atoms with E-state index in [1.165, 1.54) is 6.92 Å². The van der Waals surface area contributed by atoms with Crippen molar-refractivity contribution in [1.29, 1.82) is 0 Å². The van der Waals surface area contributed by atoms with E-state index < -0.39 is 6.04 Å². The number of benzene rings is 1. The highest BCUT2D eigenvalue weighted by atomic mass is 16.5. The van der Waals surface area contributed by atoms with Gasteiger partial charge in [-0.3, -0.25) is 9.59 Å². The second-order valence-corrected chi connectivity index (χ2v) is 3.92. The first-order chi connectivity index (χ1) is 8.52. The van der Waals surface area contributed by atoms with Gasteiger partial charge in [-0.05, 0) is 24.6 Å².